The number of aromatic nitrogens is 2. The van der Waals surface area contributed by atoms with Crippen LogP contribution in [0.4, 0.5) is 0 Å². The Morgan fingerprint density at radius 1 is 1.03 bits per heavy atom. The summed E-state index contributed by atoms with van der Waals surface area (Å²) in [6, 6.07) is 16.0. The first-order valence-electron chi connectivity index (χ1n) is 11.1. The summed E-state index contributed by atoms with van der Waals surface area (Å²) in [5, 5.41) is 19.4. The van der Waals surface area contributed by atoms with E-state index in [1.54, 1.807) is 4.90 Å². The van der Waals surface area contributed by atoms with E-state index in [0.29, 0.717) is 12.2 Å². The molecule has 6 heteroatoms. The summed E-state index contributed by atoms with van der Waals surface area (Å²) >= 11 is 0. The van der Waals surface area contributed by atoms with Gasteiger partial charge in [-0.15, -0.1) is 0 Å². The van der Waals surface area contributed by atoms with Crippen molar-refractivity contribution in [2.24, 2.45) is 0 Å². The van der Waals surface area contributed by atoms with Gasteiger partial charge < -0.3 is 23.9 Å². The Morgan fingerprint density at radius 2 is 1.77 bits per heavy atom. The number of nitrogens with zero attached hydrogens (tertiary/aromatic N) is 2. The number of benzene rings is 2. The van der Waals surface area contributed by atoms with Gasteiger partial charge >= 0.3 is 0 Å². The van der Waals surface area contributed by atoms with Crippen molar-refractivity contribution >= 4 is 11.0 Å². The van der Waals surface area contributed by atoms with Crippen LogP contribution in [0.5, 0.6) is 5.75 Å². The Kier molecular flexibility index (Phi) is 6.55. The van der Waals surface area contributed by atoms with Crippen LogP contribution in [0.3, 0.4) is 0 Å². The van der Waals surface area contributed by atoms with Gasteiger partial charge in [0, 0.05) is 0 Å². The highest BCUT2D eigenvalue weighted by Crippen LogP contribution is 2.15. The van der Waals surface area contributed by atoms with Gasteiger partial charge in [0.05, 0.1) is 43.8 Å². The third-order valence-corrected chi connectivity index (χ3v) is 6.05. The zero-order chi connectivity index (χ0) is 20.9. The molecule has 3 aromatic rings. The van der Waals surface area contributed by atoms with Crippen LogP contribution < -0.4 is 15.3 Å². The molecular weight excluding hydrogens is 376 g/mol. The lowest BCUT2D eigenvalue weighted by Crippen LogP contribution is -3.13. The molecule has 160 valence electrons. The Labute approximate surface area is 177 Å². The van der Waals surface area contributed by atoms with Crippen molar-refractivity contribution in [1.82, 2.24) is 9.13 Å². The maximum Gasteiger partial charge on any atom is 0.203 e. The molecule has 30 heavy (non-hydrogen) atoms. The summed E-state index contributed by atoms with van der Waals surface area (Å²) in [5.41, 5.74) is 3.63. The van der Waals surface area contributed by atoms with E-state index in [1.165, 1.54) is 32.4 Å². The van der Waals surface area contributed by atoms with Crippen molar-refractivity contribution in [1.29, 1.82) is 5.41 Å². The summed E-state index contributed by atoms with van der Waals surface area (Å²) in [7, 11) is 0. The Morgan fingerprint density at radius 3 is 2.50 bits per heavy atom. The van der Waals surface area contributed by atoms with Crippen molar-refractivity contribution in [3.05, 3.63) is 59.7 Å². The van der Waals surface area contributed by atoms with E-state index in [9.17, 15) is 5.11 Å². The first-order valence-corrected chi connectivity index (χ1v) is 11.1. The van der Waals surface area contributed by atoms with E-state index in [2.05, 4.69) is 10.6 Å². The standard InChI is InChI=1S/C24H32N4O2/c1-19-8-7-9-21(16-19)30-18-20(29)17-28-23-11-4-3-10-22(23)27(24(28)25)15-14-26-12-5-2-6-13-26/h3-4,7-11,16,20,25,29H,2,5-6,12-15,17-18H2,1H3/p+1. The minimum Gasteiger partial charge on any atom is -0.491 e. The maximum absolute atomic E-state index is 10.6. The number of para-hydroxylation sites is 2. The van der Waals surface area contributed by atoms with Gasteiger partial charge in [0.25, 0.3) is 0 Å². The second-order valence-electron chi connectivity index (χ2n) is 8.42. The number of aryl methyl sites for hydroxylation is 1. The number of hydrogen-bond acceptors (Lipinski definition) is 3. The monoisotopic (exact) mass is 409 g/mol. The van der Waals surface area contributed by atoms with Crippen LogP contribution in [0.2, 0.25) is 0 Å². The number of quaternary nitrogens is 1. The lowest BCUT2D eigenvalue weighted by Gasteiger charge is -2.23. The number of likely N-dealkylation sites (tertiary alicyclic amines) is 1. The highest BCUT2D eigenvalue weighted by atomic mass is 16.5. The van der Waals surface area contributed by atoms with Gasteiger partial charge in [-0.25, -0.2) is 0 Å². The highest BCUT2D eigenvalue weighted by Gasteiger charge is 2.17. The predicted octanol–water partition coefficient (Wildman–Crippen LogP) is 1.74. The molecule has 2 aromatic carbocycles. The Balaban J connectivity index is 1.47. The van der Waals surface area contributed by atoms with E-state index in [0.717, 1.165) is 35.4 Å². The summed E-state index contributed by atoms with van der Waals surface area (Å²) in [5.74, 6) is 0.761. The number of ether oxygens (including phenoxy) is 1. The summed E-state index contributed by atoms with van der Waals surface area (Å²) in [6.07, 6.45) is 3.28. The fourth-order valence-corrected chi connectivity index (χ4v) is 4.44. The molecule has 0 amide bonds. The number of rotatable bonds is 8. The summed E-state index contributed by atoms with van der Waals surface area (Å²) in [6.45, 7) is 6.91. The van der Waals surface area contributed by atoms with Crippen molar-refractivity contribution in [2.75, 3.05) is 26.2 Å². The highest BCUT2D eigenvalue weighted by molar-refractivity contribution is 5.75. The van der Waals surface area contributed by atoms with Gasteiger partial charge in [-0.05, 0) is 56.0 Å². The molecule has 1 fully saturated rings. The molecule has 4 rings (SSSR count). The van der Waals surface area contributed by atoms with Crippen LogP contribution in [0.15, 0.2) is 48.5 Å². The van der Waals surface area contributed by atoms with Gasteiger partial charge in [-0.3, -0.25) is 5.41 Å². The third kappa shape index (κ3) is 4.77. The SMILES string of the molecule is Cc1cccc(OCC(O)Cn2c(=N)n(CC[NH+]3CCCCC3)c3ccccc32)c1. The number of aliphatic hydroxyl groups is 1. The number of nitrogens with one attached hydrogen (secondary N) is 2. The van der Waals surface area contributed by atoms with Gasteiger partial charge in [0.2, 0.25) is 5.62 Å². The number of piperidine rings is 1. The second-order valence-corrected chi connectivity index (χ2v) is 8.42. The predicted molar refractivity (Wildman–Crippen MR) is 118 cm³/mol. The quantitative estimate of drug-likeness (QED) is 0.531. The summed E-state index contributed by atoms with van der Waals surface area (Å²) < 4.78 is 9.77. The fourth-order valence-electron chi connectivity index (χ4n) is 4.44. The third-order valence-electron chi connectivity index (χ3n) is 6.05. The Hall–Kier alpha value is -2.57. The number of hydrogen-bond donors (Lipinski definition) is 3. The number of aliphatic hydroxyl groups excluding tert-OH is 1. The van der Waals surface area contributed by atoms with E-state index >= 15 is 0 Å². The van der Waals surface area contributed by atoms with Crippen LogP contribution in [0.1, 0.15) is 24.8 Å². The van der Waals surface area contributed by atoms with E-state index in [1.807, 2.05) is 54.0 Å². The molecule has 1 aliphatic heterocycles. The van der Waals surface area contributed by atoms with Crippen LogP contribution in [0, 0.1) is 12.3 Å². The van der Waals surface area contributed by atoms with Crippen LogP contribution in [-0.4, -0.2) is 46.6 Å². The minimum atomic E-state index is -0.688. The molecule has 0 spiro atoms. The van der Waals surface area contributed by atoms with Crippen molar-refractivity contribution in [3.8, 4) is 5.75 Å². The number of imidazole rings is 1. The van der Waals surface area contributed by atoms with Crippen LogP contribution in [-0.2, 0) is 13.1 Å². The lowest BCUT2D eigenvalue weighted by molar-refractivity contribution is -0.905. The van der Waals surface area contributed by atoms with E-state index < -0.39 is 6.10 Å². The maximum atomic E-state index is 10.6. The molecule has 1 unspecified atom stereocenters. The first kappa shape index (κ1) is 20.7. The molecule has 3 N–H and O–H groups in total. The van der Waals surface area contributed by atoms with Gasteiger partial charge in [0.1, 0.15) is 18.5 Å². The average Bonchev–Trinajstić information content (AvgIpc) is 3.03. The summed E-state index contributed by atoms with van der Waals surface area (Å²) in [4.78, 5) is 1.64. The minimum absolute atomic E-state index is 0.202. The molecule has 0 saturated carbocycles. The largest absolute Gasteiger partial charge is 0.491 e. The second kappa shape index (κ2) is 9.49. The average molecular weight is 410 g/mol. The van der Waals surface area contributed by atoms with Crippen LogP contribution >= 0.6 is 0 Å². The molecule has 6 nitrogen and oxygen atoms in total. The normalized spacial score (nSPS) is 16.1. The van der Waals surface area contributed by atoms with Gasteiger partial charge in [-0.1, -0.05) is 24.3 Å². The number of fused-ring (bicyclic) bond motifs is 1. The zero-order valence-corrected chi connectivity index (χ0v) is 17.8. The molecular formula is C24H33N4O2+. The topological polar surface area (TPSA) is 67.6 Å². The zero-order valence-electron chi connectivity index (χ0n) is 17.8. The molecule has 2 heterocycles. The molecule has 1 saturated heterocycles. The first-order chi connectivity index (χ1) is 14.6. The molecule has 0 radical (unpaired) electrons. The molecule has 1 aliphatic rings. The van der Waals surface area contributed by atoms with Crippen molar-refractivity contribution in [2.45, 2.75) is 45.4 Å². The van der Waals surface area contributed by atoms with E-state index in [4.69, 9.17) is 10.1 Å². The van der Waals surface area contributed by atoms with Crippen molar-refractivity contribution < 1.29 is 14.7 Å². The molecule has 0 aliphatic carbocycles. The molecule has 1 aromatic heterocycles. The van der Waals surface area contributed by atoms with Crippen LogP contribution in [0.25, 0.3) is 11.0 Å². The molecule has 1 atom stereocenters. The lowest BCUT2D eigenvalue weighted by atomic mass is 10.1. The van der Waals surface area contributed by atoms with Gasteiger partial charge in [-0.2, -0.15) is 0 Å². The Bertz CT molecular complexity index is 1030. The smallest absolute Gasteiger partial charge is 0.203 e. The molecule has 0 bridgehead atoms. The fraction of sp³-hybridized carbons (Fsp3) is 0.458. The van der Waals surface area contributed by atoms with Crippen molar-refractivity contribution in [3.63, 3.8) is 0 Å². The van der Waals surface area contributed by atoms with E-state index in [-0.39, 0.29) is 6.61 Å². The van der Waals surface area contributed by atoms with Gasteiger partial charge in [0.15, 0.2) is 0 Å².